The topological polar surface area (TPSA) is 94.6 Å². The van der Waals surface area contributed by atoms with Crippen LogP contribution >= 0.6 is 22.7 Å². The van der Waals surface area contributed by atoms with Crippen LogP contribution in [0, 0.1) is 0 Å². The Balaban J connectivity index is 1.38. The minimum atomic E-state index is -1.03. The third-order valence-electron chi connectivity index (χ3n) is 6.88. The number of ether oxygens (including phenoxy) is 2. The molecule has 0 saturated carbocycles. The van der Waals surface area contributed by atoms with Gasteiger partial charge in [-0.3, -0.25) is 4.79 Å². The second kappa shape index (κ2) is 12.1. The number of hydrogen-bond donors (Lipinski definition) is 1. The second-order valence-electron chi connectivity index (χ2n) is 9.44. The van der Waals surface area contributed by atoms with Crippen molar-refractivity contribution in [1.82, 2.24) is 4.98 Å². The van der Waals surface area contributed by atoms with Gasteiger partial charge in [0.25, 0.3) is 5.91 Å². The maximum atomic E-state index is 13.4. The van der Waals surface area contributed by atoms with Crippen molar-refractivity contribution in [1.29, 1.82) is 0 Å². The van der Waals surface area contributed by atoms with E-state index >= 15 is 0 Å². The van der Waals surface area contributed by atoms with Crippen LogP contribution in [0.5, 0.6) is 0 Å². The number of amides is 1. The molecule has 1 aliphatic carbocycles. The first-order valence-electron chi connectivity index (χ1n) is 13.2. The molecule has 1 aliphatic rings. The normalized spacial score (nSPS) is 14.1. The average Bonchev–Trinajstić information content (AvgIpc) is 3.52. The van der Waals surface area contributed by atoms with Crippen LogP contribution in [0.25, 0.3) is 20.8 Å². The van der Waals surface area contributed by atoms with Crippen molar-refractivity contribution in [3.63, 3.8) is 0 Å². The summed E-state index contributed by atoms with van der Waals surface area (Å²) in [6, 6.07) is 14.9. The number of methoxy groups -OCH3 is 1. The molecule has 1 unspecified atom stereocenters. The molecule has 1 atom stereocenters. The van der Waals surface area contributed by atoms with Gasteiger partial charge < -0.3 is 14.8 Å². The predicted molar refractivity (Wildman–Crippen MR) is 155 cm³/mol. The number of nitrogens with zero attached hydrogens (tertiary/aromatic N) is 1. The van der Waals surface area contributed by atoms with Crippen molar-refractivity contribution >= 4 is 55.7 Å². The number of nitrogens with one attached hydrogen (secondary N) is 1. The van der Waals surface area contributed by atoms with E-state index in [4.69, 9.17) is 9.47 Å². The quantitative estimate of drug-likeness (QED) is 0.243. The van der Waals surface area contributed by atoms with Crippen LogP contribution in [0.4, 0.5) is 5.00 Å². The Hall–Kier alpha value is -3.56. The second-order valence-corrected chi connectivity index (χ2v) is 11.6. The van der Waals surface area contributed by atoms with E-state index in [0.29, 0.717) is 26.7 Å². The summed E-state index contributed by atoms with van der Waals surface area (Å²) in [5.74, 6) is -1.53. The molecular formula is C30H30N2O5S2. The van der Waals surface area contributed by atoms with E-state index in [9.17, 15) is 14.4 Å². The molecule has 1 amide bonds. The number of fused-ring (bicyclic) bond motifs is 2. The number of thiophene rings is 1. The maximum absolute atomic E-state index is 13.4. The fraction of sp³-hybridized carbons (Fsp3) is 0.333. The van der Waals surface area contributed by atoms with Crippen molar-refractivity contribution in [2.24, 2.45) is 0 Å². The molecule has 5 rings (SSSR count). The summed E-state index contributed by atoms with van der Waals surface area (Å²) in [6.07, 6.45) is 5.20. The number of carbonyl (C=O) groups excluding carboxylic acids is 3. The van der Waals surface area contributed by atoms with Crippen LogP contribution in [-0.4, -0.2) is 36.0 Å². The standard InChI is InChI=1S/C30H30N2O5S2/c1-3-22(26(33)32-28-25(30(35)36-2)20-14-6-4-5-7-16-23(20)38-28)37-29(34)19-13-9-8-12-18(19)27-31-21-15-10-11-17-24(21)39-27/h8-13,15,17,22H,3-7,14,16H2,1-2H3,(H,32,33). The monoisotopic (exact) mass is 562 g/mol. The molecule has 0 radical (unpaired) electrons. The van der Waals surface area contributed by atoms with Gasteiger partial charge >= 0.3 is 11.9 Å². The van der Waals surface area contributed by atoms with Crippen molar-refractivity contribution in [3.05, 3.63) is 70.1 Å². The first-order valence-corrected chi connectivity index (χ1v) is 14.8. The largest absolute Gasteiger partial charge is 0.465 e. The lowest BCUT2D eigenvalue weighted by Gasteiger charge is -2.17. The van der Waals surface area contributed by atoms with Crippen molar-refractivity contribution in [2.75, 3.05) is 12.4 Å². The van der Waals surface area contributed by atoms with Crippen molar-refractivity contribution in [3.8, 4) is 10.6 Å². The Morgan fingerprint density at radius 3 is 2.46 bits per heavy atom. The summed E-state index contributed by atoms with van der Waals surface area (Å²) in [6.45, 7) is 1.78. The number of rotatable bonds is 7. The molecule has 0 aliphatic heterocycles. The number of thiazole rings is 1. The number of benzene rings is 2. The van der Waals surface area contributed by atoms with Crippen LogP contribution in [0.2, 0.25) is 0 Å². The van der Waals surface area contributed by atoms with Crippen LogP contribution in [0.3, 0.4) is 0 Å². The van der Waals surface area contributed by atoms with Gasteiger partial charge in [-0.2, -0.15) is 0 Å². The van der Waals surface area contributed by atoms with Crippen molar-refractivity contribution in [2.45, 2.75) is 58.0 Å². The Kier molecular flexibility index (Phi) is 8.38. The zero-order chi connectivity index (χ0) is 27.4. The van der Waals surface area contributed by atoms with Gasteiger partial charge in [0.05, 0.1) is 28.5 Å². The first-order chi connectivity index (χ1) is 19.0. The number of para-hydroxylation sites is 1. The summed E-state index contributed by atoms with van der Waals surface area (Å²) in [5, 5.41) is 4.06. The molecule has 2 aromatic heterocycles. The van der Waals surface area contributed by atoms with Crippen molar-refractivity contribution < 1.29 is 23.9 Å². The predicted octanol–water partition coefficient (Wildman–Crippen LogP) is 7.04. The third-order valence-corrected chi connectivity index (χ3v) is 9.16. The molecule has 2 heterocycles. The third kappa shape index (κ3) is 5.74. The highest BCUT2D eigenvalue weighted by Gasteiger charge is 2.29. The molecule has 0 saturated heterocycles. The SMILES string of the molecule is CCC(OC(=O)c1ccccc1-c1nc2ccccc2s1)C(=O)Nc1sc2c(c1C(=O)OC)CCCCCC2. The van der Waals surface area contributed by atoms with Crippen LogP contribution in [0.1, 0.15) is 70.2 Å². The number of aromatic nitrogens is 1. The van der Waals surface area contributed by atoms with Gasteiger partial charge in [-0.05, 0) is 55.9 Å². The number of aryl methyl sites for hydroxylation is 1. The molecule has 39 heavy (non-hydrogen) atoms. The van der Waals surface area contributed by atoms with Gasteiger partial charge in [-0.1, -0.05) is 50.1 Å². The molecule has 202 valence electrons. The smallest absolute Gasteiger partial charge is 0.341 e. The average molecular weight is 563 g/mol. The minimum absolute atomic E-state index is 0.277. The first kappa shape index (κ1) is 27.0. The van der Waals surface area contributed by atoms with E-state index in [-0.39, 0.29) is 6.42 Å². The minimum Gasteiger partial charge on any atom is -0.465 e. The van der Waals surface area contributed by atoms with E-state index in [1.165, 1.54) is 29.8 Å². The maximum Gasteiger partial charge on any atom is 0.341 e. The summed E-state index contributed by atoms with van der Waals surface area (Å²) in [5.41, 5.74) is 3.26. The molecular weight excluding hydrogens is 532 g/mol. The fourth-order valence-electron chi connectivity index (χ4n) is 4.87. The number of anilines is 1. The van der Waals surface area contributed by atoms with E-state index in [0.717, 1.165) is 59.2 Å². The summed E-state index contributed by atoms with van der Waals surface area (Å²) in [4.78, 5) is 45.2. The highest BCUT2D eigenvalue weighted by molar-refractivity contribution is 7.21. The van der Waals surface area contributed by atoms with E-state index < -0.39 is 23.9 Å². The van der Waals surface area contributed by atoms with Gasteiger partial charge in [0.2, 0.25) is 0 Å². The molecule has 4 aromatic rings. The van der Waals surface area contributed by atoms with E-state index in [1.54, 1.807) is 19.1 Å². The lowest BCUT2D eigenvalue weighted by molar-refractivity contribution is -0.124. The van der Waals surface area contributed by atoms with Crippen LogP contribution in [-0.2, 0) is 27.1 Å². The van der Waals surface area contributed by atoms with Crippen LogP contribution in [0.15, 0.2) is 48.5 Å². The highest BCUT2D eigenvalue weighted by atomic mass is 32.1. The van der Waals surface area contributed by atoms with Gasteiger partial charge in [-0.15, -0.1) is 22.7 Å². The highest BCUT2D eigenvalue weighted by Crippen LogP contribution is 2.38. The Morgan fingerprint density at radius 2 is 1.69 bits per heavy atom. The summed E-state index contributed by atoms with van der Waals surface area (Å²) >= 11 is 2.92. The lowest BCUT2D eigenvalue weighted by Crippen LogP contribution is -2.32. The van der Waals surface area contributed by atoms with E-state index in [1.807, 2.05) is 36.4 Å². The molecule has 0 fully saturated rings. The zero-order valence-corrected chi connectivity index (χ0v) is 23.6. The van der Waals surface area contributed by atoms with Gasteiger partial charge in [0.1, 0.15) is 10.0 Å². The lowest BCUT2D eigenvalue weighted by atomic mass is 9.96. The summed E-state index contributed by atoms with van der Waals surface area (Å²) < 4.78 is 11.8. The molecule has 7 nitrogen and oxygen atoms in total. The molecule has 0 bridgehead atoms. The van der Waals surface area contributed by atoms with E-state index in [2.05, 4.69) is 10.3 Å². The number of carbonyl (C=O) groups is 3. The van der Waals surface area contributed by atoms with Crippen LogP contribution < -0.4 is 5.32 Å². The van der Waals surface area contributed by atoms with Gasteiger partial charge in [-0.25, -0.2) is 14.6 Å². The zero-order valence-electron chi connectivity index (χ0n) is 22.0. The molecule has 0 spiro atoms. The Bertz CT molecular complexity index is 1490. The number of hydrogen-bond acceptors (Lipinski definition) is 8. The number of esters is 2. The Labute approximate surface area is 235 Å². The molecule has 2 aromatic carbocycles. The van der Waals surface area contributed by atoms with Gasteiger partial charge in [0, 0.05) is 10.4 Å². The molecule has 9 heteroatoms. The molecule has 1 N–H and O–H groups in total. The Morgan fingerprint density at radius 1 is 0.949 bits per heavy atom. The summed E-state index contributed by atoms with van der Waals surface area (Å²) in [7, 11) is 1.35. The van der Waals surface area contributed by atoms with Gasteiger partial charge in [0.15, 0.2) is 6.10 Å². The fourth-order valence-corrected chi connectivity index (χ4v) is 7.15.